The largest absolute Gasteiger partial charge is 0.508 e. The molecule has 0 spiro atoms. The van der Waals surface area contributed by atoms with Gasteiger partial charge in [0.15, 0.2) is 0 Å². The molecule has 126 valence electrons. The molecule has 1 saturated carbocycles. The van der Waals surface area contributed by atoms with Crippen molar-refractivity contribution >= 4 is 11.9 Å². The van der Waals surface area contributed by atoms with Crippen LogP contribution < -0.4 is 11.1 Å². The van der Waals surface area contributed by atoms with E-state index in [1.165, 1.54) is 12.1 Å². The Morgan fingerprint density at radius 3 is 2.35 bits per heavy atom. The van der Waals surface area contributed by atoms with Crippen LogP contribution in [0.2, 0.25) is 0 Å². The first-order valence-corrected chi connectivity index (χ1v) is 8.04. The Morgan fingerprint density at radius 2 is 1.78 bits per heavy atom. The van der Waals surface area contributed by atoms with Gasteiger partial charge in [0.1, 0.15) is 11.8 Å². The molecule has 0 unspecified atom stereocenters. The van der Waals surface area contributed by atoms with E-state index in [0.717, 1.165) is 37.7 Å². The molecule has 0 saturated heterocycles. The minimum atomic E-state index is -0.998. The van der Waals surface area contributed by atoms with Crippen LogP contribution in [-0.4, -0.2) is 34.2 Å². The standard InChI is InChI=1S/C17H24N2O4/c18-14(10-11-6-8-13(20)9-7-11)16(21)19-15(17(22)23)12-4-2-1-3-5-12/h6-9,12,14-15,20H,1-5,10,18H2,(H,19,21)(H,22,23)/t14-,15-/m0/s1. The highest BCUT2D eigenvalue weighted by Crippen LogP contribution is 2.26. The number of phenolic OH excluding ortho intramolecular Hbond substituents is 1. The minimum absolute atomic E-state index is 0.0222. The molecule has 1 aliphatic rings. The first-order valence-electron chi connectivity index (χ1n) is 8.04. The molecular formula is C17H24N2O4. The summed E-state index contributed by atoms with van der Waals surface area (Å²) in [5.41, 5.74) is 6.71. The molecule has 5 N–H and O–H groups in total. The molecule has 1 aromatic carbocycles. The Morgan fingerprint density at radius 1 is 1.17 bits per heavy atom. The molecule has 2 rings (SSSR count). The predicted octanol–water partition coefficient (Wildman–Crippen LogP) is 1.41. The van der Waals surface area contributed by atoms with E-state index in [0.29, 0.717) is 6.42 Å². The second kappa shape index (κ2) is 7.97. The van der Waals surface area contributed by atoms with Crippen LogP contribution in [0.3, 0.4) is 0 Å². The monoisotopic (exact) mass is 320 g/mol. The van der Waals surface area contributed by atoms with E-state index < -0.39 is 24.0 Å². The number of nitrogens with one attached hydrogen (secondary N) is 1. The average Bonchev–Trinajstić information content (AvgIpc) is 2.55. The molecule has 23 heavy (non-hydrogen) atoms. The van der Waals surface area contributed by atoms with Crippen LogP contribution in [0.5, 0.6) is 5.75 Å². The van der Waals surface area contributed by atoms with E-state index in [2.05, 4.69) is 5.32 Å². The topological polar surface area (TPSA) is 113 Å². The smallest absolute Gasteiger partial charge is 0.326 e. The van der Waals surface area contributed by atoms with Gasteiger partial charge in [0, 0.05) is 0 Å². The summed E-state index contributed by atoms with van der Waals surface area (Å²) in [6, 6.07) is 4.76. The Labute approximate surface area is 135 Å². The maximum Gasteiger partial charge on any atom is 0.326 e. The third-order valence-electron chi connectivity index (χ3n) is 4.41. The highest BCUT2D eigenvalue weighted by molar-refractivity contribution is 5.87. The van der Waals surface area contributed by atoms with Gasteiger partial charge in [0.2, 0.25) is 5.91 Å². The number of carbonyl (C=O) groups excluding carboxylic acids is 1. The van der Waals surface area contributed by atoms with Crippen molar-refractivity contribution in [3.05, 3.63) is 29.8 Å². The van der Waals surface area contributed by atoms with Gasteiger partial charge in [0.05, 0.1) is 6.04 Å². The summed E-state index contributed by atoms with van der Waals surface area (Å²) in [5.74, 6) is -1.32. The Kier molecular flexibility index (Phi) is 5.98. The van der Waals surface area contributed by atoms with Crippen LogP contribution in [-0.2, 0) is 16.0 Å². The first kappa shape index (κ1) is 17.3. The molecule has 1 aromatic rings. The number of hydrogen-bond acceptors (Lipinski definition) is 4. The predicted molar refractivity (Wildman–Crippen MR) is 85.9 cm³/mol. The number of carboxylic acid groups (broad SMARTS) is 1. The van der Waals surface area contributed by atoms with Gasteiger partial charge < -0.3 is 21.3 Å². The quantitative estimate of drug-likeness (QED) is 0.633. The number of carbonyl (C=O) groups is 2. The molecule has 6 nitrogen and oxygen atoms in total. The maximum atomic E-state index is 12.2. The van der Waals surface area contributed by atoms with Crippen LogP contribution in [0.4, 0.5) is 0 Å². The zero-order chi connectivity index (χ0) is 16.8. The number of phenols is 1. The van der Waals surface area contributed by atoms with Crippen molar-refractivity contribution in [1.29, 1.82) is 0 Å². The van der Waals surface area contributed by atoms with Crippen LogP contribution >= 0.6 is 0 Å². The van der Waals surface area contributed by atoms with E-state index in [4.69, 9.17) is 5.73 Å². The lowest BCUT2D eigenvalue weighted by molar-refractivity contribution is -0.144. The molecular weight excluding hydrogens is 296 g/mol. The van der Waals surface area contributed by atoms with E-state index in [1.54, 1.807) is 12.1 Å². The van der Waals surface area contributed by atoms with Gasteiger partial charge in [0.25, 0.3) is 0 Å². The van der Waals surface area contributed by atoms with Crippen molar-refractivity contribution in [2.45, 2.75) is 50.6 Å². The molecule has 1 aliphatic carbocycles. The number of benzene rings is 1. The summed E-state index contributed by atoms with van der Waals surface area (Å²) < 4.78 is 0. The summed E-state index contributed by atoms with van der Waals surface area (Å²) in [7, 11) is 0. The molecule has 0 radical (unpaired) electrons. The van der Waals surface area contributed by atoms with Gasteiger partial charge >= 0.3 is 5.97 Å². The van der Waals surface area contributed by atoms with Crippen molar-refractivity contribution in [3.8, 4) is 5.75 Å². The third-order valence-corrected chi connectivity index (χ3v) is 4.41. The molecule has 1 fully saturated rings. The average molecular weight is 320 g/mol. The van der Waals surface area contributed by atoms with Crippen molar-refractivity contribution in [1.82, 2.24) is 5.32 Å². The summed E-state index contributed by atoms with van der Waals surface area (Å²) in [6.07, 6.45) is 5.07. The summed E-state index contributed by atoms with van der Waals surface area (Å²) in [6.45, 7) is 0. The van der Waals surface area contributed by atoms with Crippen LogP contribution in [0.1, 0.15) is 37.7 Å². The highest BCUT2D eigenvalue weighted by Gasteiger charge is 2.31. The number of hydrogen-bond donors (Lipinski definition) is 4. The lowest BCUT2D eigenvalue weighted by Gasteiger charge is -2.28. The van der Waals surface area contributed by atoms with Crippen LogP contribution in [0.15, 0.2) is 24.3 Å². The van der Waals surface area contributed by atoms with Gasteiger partial charge in [-0.1, -0.05) is 31.4 Å². The number of nitrogens with two attached hydrogens (primary N) is 1. The Balaban J connectivity index is 1.94. The Bertz CT molecular complexity index is 538. The van der Waals surface area contributed by atoms with Gasteiger partial charge in [-0.3, -0.25) is 4.79 Å². The molecule has 0 heterocycles. The first-order chi connectivity index (χ1) is 11.0. The summed E-state index contributed by atoms with van der Waals surface area (Å²) >= 11 is 0. The van der Waals surface area contributed by atoms with E-state index in [9.17, 15) is 19.8 Å². The summed E-state index contributed by atoms with van der Waals surface area (Å²) in [5, 5.41) is 21.2. The van der Waals surface area contributed by atoms with Crippen LogP contribution in [0, 0.1) is 5.92 Å². The maximum absolute atomic E-state index is 12.2. The molecule has 0 aliphatic heterocycles. The van der Waals surface area contributed by atoms with Crippen molar-refractivity contribution in [2.75, 3.05) is 0 Å². The number of rotatable bonds is 6. The lowest BCUT2D eigenvalue weighted by Crippen LogP contribution is -2.52. The fourth-order valence-corrected chi connectivity index (χ4v) is 3.09. The van der Waals surface area contributed by atoms with Gasteiger partial charge in [-0.15, -0.1) is 0 Å². The van der Waals surface area contributed by atoms with Gasteiger partial charge in [-0.2, -0.15) is 0 Å². The molecule has 2 atom stereocenters. The summed E-state index contributed by atoms with van der Waals surface area (Å²) in [4.78, 5) is 23.7. The molecule has 0 bridgehead atoms. The van der Waals surface area contributed by atoms with Crippen LogP contribution in [0.25, 0.3) is 0 Å². The van der Waals surface area contributed by atoms with E-state index in [1.807, 2.05) is 0 Å². The second-order valence-electron chi connectivity index (χ2n) is 6.20. The van der Waals surface area contributed by atoms with Gasteiger partial charge in [-0.25, -0.2) is 4.79 Å². The number of aromatic hydroxyl groups is 1. The lowest BCUT2D eigenvalue weighted by atomic mass is 9.83. The van der Waals surface area contributed by atoms with Crippen molar-refractivity contribution in [3.63, 3.8) is 0 Å². The third kappa shape index (κ3) is 4.96. The van der Waals surface area contributed by atoms with E-state index >= 15 is 0 Å². The second-order valence-corrected chi connectivity index (χ2v) is 6.20. The van der Waals surface area contributed by atoms with Crippen molar-refractivity contribution < 1.29 is 19.8 Å². The minimum Gasteiger partial charge on any atom is -0.508 e. The fourth-order valence-electron chi connectivity index (χ4n) is 3.09. The molecule has 6 heteroatoms. The highest BCUT2D eigenvalue weighted by atomic mass is 16.4. The SMILES string of the molecule is N[C@@H](Cc1ccc(O)cc1)C(=O)N[C@H](C(=O)O)C1CCCCC1. The number of carboxylic acids is 1. The number of amides is 1. The normalized spacial score (nSPS) is 18.1. The number of aliphatic carboxylic acids is 1. The molecule has 0 aromatic heterocycles. The zero-order valence-corrected chi connectivity index (χ0v) is 13.1. The van der Waals surface area contributed by atoms with Crippen molar-refractivity contribution in [2.24, 2.45) is 11.7 Å². The molecule has 1 amide bonds. The zero-order valence-electron chi connectivity index (χ0n) is 13.1. The van der Waals surface area contributed by atoms with Gasteiger partial charge in [-0.05, 0) is 42.9 Å². The Hall–Kier alpha value is -2.08. The van der Waals surface area contributed by atoms with E-state index in [-0.39, 0.29) is 11.7 Å². The fraction of sp³-hybridized carbons (Fsp3) is 0.529.